The highest BCUT2D eigenvalue weighted by Gasteiger charge is 2.31. The first-order valence-corrected chi connectivity index (χ1v) is 12.4. The summed E-state index contributed by atoms with van der Waals surface area (Å²) >= 11 is 0. The average Bonchev–Trinajstić information content (AvgIpc) is 2.80. The van der Waals surface area contributed by atoms with Crippen LogP contribution in [0, 0.1) is 11.8 Å². The molecule has 31 heavy (non-hydrogen) atoms. The number of carbonyl (C=O) groups is 1. The predicted octanol–water partition coefficient (Wildman–Crippen LogP) is 4.71. The molecule has 0 aromatic heterocycles. The Labute approximate surface area is 188 Å². The third-order valence-electron chi connectivity index (χ3n) is 6.95. The Hall–Kier alpha value is -1.43. The van der Waals surface area contributed by atoms with E-state index >= 15 is 0 Å². The van der Waals surface area contributed by atoms with E-state index in [0.29, 0.717) is 31.5 Å². The van der Waals surface area contributed by atoms with Crippen molar-refractivity contribution in [1.82, 2.24) is 4.90 Å². The number of amides is 1. The van der Waals surface area contributed by atoms with Crippen molar-refractivity contribution in [2.24, 2.45) is 17.6 Å². The summed E-state index contributed by atoms with van der Waals surface area (Å²) in [5.41, 5.74) is 7.61. The van der Waals surface area contributed by atoms with Gasteiger partial charge in [0.15, 0.2) is 0 Å². The normalized spacial score (nSPS) is 22.3. The Balaban J connectivity index is 1.55. The second-order valence-electron chi connectivity index (χ2n) is 9.49. The number of rotatable bonds is 11. The highest BCUT2D eigenvalue weighted by Crippen LogP contribution is 2.33. The van der Waals surface area contributed by atoms with Crippen molar-refractivity contribution >= 4 is 5.91 Å². The van der Waals surface area contributed by atoms with E-state index in [2.05, 4.69) is 24.3 Å². The Bertz CT molecular complexity index is 633. The molecule has 1 aromatic carbocycles. The van der Waals surface area contributed by atoms with E-state index in [-0.39, 0.29) is 18.1 Å². The molecule has 1 saturated heterocycles. The number of hydrogen-bond donors (Lipinski definition) is 1. The molecule has 1 aromatic rings. The number of methoxy groups -OCH3 is 1. The van der Waals surface area contributed by atoms with Crippen LogP contribution in [0.1, 0.15) is 75.9 Å². The average molecular weight is 431 g/mol. The van der Waals surface area contributed by atoms with Crippen molar-refractivity contribution in [3.8, 4) is 0 Å². The van der Waals surface area contributed by atoms with Crippen LogP contribution in [-0.2, 0) is 14.3 Å². The van der Waals surface area contributed by atoms with Gasteiger partial charge >= 0.3 is 0 Å². The summed E-state index contributed by atoms with van der Waals surface area (Å²) in [4.78, 5) is 15.1. The molecule has 3 rings (SSSR count). The van der Waals surface area contributed by atoms with Gasteiger partial charge in [0.25, 0.3) is 0 Å². The van der Waals surface area contributed by atoms with Crippen LogP contribution in [0.25, 0.3) is 0 Å². The topological polar surface area (TPSA) is 64.8 Å². The maximum atomic E-state index is 13.0. The molecule has 174 valence electrons. The van der Waals surface area contributed by atoms with Crippen molar-refractivity contribution < 1.29 is 14.3 Å². The Kier molecular flexibility index (Phi) is 10.3. The molecule has 0 radical (unpaired) electrons. The summed E-state index contributed by atoms with van der Waals surface area (Å²) in [6.45, 7) is 2.98. The molecule has 5 nitrogen and oxygen atoms in total. The van der Waals surface area contributed by atoms with E-state index in [1.165, 1.54) is 37.7 Å². The Morgan fingerprint density at radius 3 is 2.61 bits per heavy atom. The highest BCUT2D eigenvalue weighted by atomic mass is 16.5. The summed E-state index contributed by atoms with van der Waals surface area (Å²) in [6.07, 6.45) is 11.1. The first-order chi connectivity index (χ1) is 15.2. The predicted molar refractivity (Wildman–Crippen MR) is 125 cm³/mol. The fourth-order valence-corrected chi connectivity index (χ4v) is 5.33. The summed E-state index contributed by atoms with van der Waals surface area (Å²) in [5, 5.41) is 0. The standard InChI is InChI=1S/C26H42N2O3/c1-30-16-9-17-31-26(22-12-6-3-7-13-22)23-14-8-15-28(20-23)25(29)19-24(27)18-21-10-4-2-5-11-21/h3,6-7,12-13,21,23-24,26H,2,4-5,8-11,14-20,27H2,1H3/t23?,24-,26?/m1/s1. The van der Waals surface area contributed by atoms with Crippen molar-refractivity contribution in [2.75, 3.05) is 33.4 Å². The number of likely N-dealkylation sites (tertiary alicyclic amines) is 1. The second-order valence-corrected chi connectivity index (χ2v) is 9.49. The van der Waals surface area contributed by atoms with Gasteiger partial charge in [-0.3, -0.25) is 4.79 Å². The van der Waals surface area contributed by atoms with Crippen LogP contribution in [0.3, 0.4) is 0 Å². The number of hydrogen-bond acceptors (Lipinski definition) is 4. The van der Waals surface area contributed by atoms with Crippen LogP contribution in [0.15, 0.2) is 30.3 Å². The minimum Gasteiger partial charge on any atom is -0.385 e. The van der Waals surface area contributed by atoms with E-state index in [1.807, 2.05) is 11.0 Å². The number of nitrogens with zero attached hydrogens (tertiary/aromatic N) is 1. The van der Waals surface area contributed by atoms with Gasteiger partial charge in [0.1, 0.15) is 0 Å². The van der Waals surface area contributed by atoms with Gasteiger partial charge in [-0.15, -0.1) is 0 Å². The highest BCUT2D eigenvalue weighted by molar-refractivity contribution is 5.77. The molecule has 2 unspecified atom stereocenters. The third kappa shape index (κ3) is 7.89. The van der Waals surface area contributed by atoms with Crippen molar-refractivity contribution in [2.45, 2.75) is 76.4 Å². The van der Waals surface area contributed by atoms with Gasteiger partial charge in [-0.05, 0) is 37.2 Å². The van der Waals surface area contributed by atoms with E-state index in [4.69, 9.17) is 15.2 Å². The minimum atomic E-state index is -0.00816. The molecule has 1 amide bonds. The summed E-state index contributed by atoms with van der Waals surface area (Å²) in [6, 6.07) is 10.4. The molecular formula is C26H42N2O3. The molecule has 1 heterocycles. The zero-order chi connectivity index (χ0) is 21.9. The van der Waals surface area contributed by atoms with Crippen LogP contribution >= 0.6 is 0 Å². The quantitative estimate of drug-likeness (QED) is 0.517. The van der Waals surface area contributed by atoms with Gasteiger partial charge in [0, 0.05) is 51.8 Å². The van der Waals surface area contributed by atoms with Crippen molar-refractivity contribution in [1.29, 1.82) is 0 Å². The molecule has 5 heteroatoms. The zero-order valence-electron chi connectivity index (χ0n) is 19.3. The molecule has 1 aliphatic carbocycles. The van der Waals surface area contributed by atoms with Gasteiger partial charge in [0.05, 0.1) is 6.10 Å². The van der Waals surface area contributed by atoms with Gasteiger partial charge in [-0.1, -0.05) is 62.4 Å². The SMILES string of the molecule is COCCCOC(c1ccccc1)C1CCCN(C(=O)C[C@H](N)CC2CCCCC2)C1. The van der Waals surface area contributed by atoms with Crippen LogP contribution in [-0.4, -0.2) is 50.3 Å². The van der Waals surface area contributed by atoms with E-state index < -0.39 is 0 Å². The van der Waals surface area contributed by atoms with Crippen LogP contribution in [0.5, 0.6) is 0 Å². The van der Waals surface area contributed by atoms with E-state index in [9.17, 15) is 4.79 Å². The summed E-state index contributed by atoms with van der Waals surface area (Å²) in [7, 11) is 1.72. The first kappa shape index (κ1) is 24.2. The minimum absolute atomic E-state index is 0.00816. The molecule has 2 aliphatic rings. The lowest BCUT2D eigenvalue weighted by molar-refractivity contribution is -0.135. The molecule has 0 bridgehead atoms. The largest absolute Gasteiger partial charge is 0.385 e. The van der Waals surface area contributed by atoms with Crippen molar-refractivity contribution in [3.63, 3.8) is 0 Å². The maximum Gasteiger partial charge on any atom is 0.224 e. The smallest absolute Gasteiger partial charge is 0.224 e. The van der Waals surface area contributed by atoms with Crippen molar-refractivity contribution in [3.05, 3.63) is 35.9 Å². The summed E-state index contributed by atoms with van der Waals surface area (Å²) < 4.78 is 11.5. The van der Waals surface area contributed by atoms with Gasteiger partial charge in [-0.2, -0.15) is 0 Å². The van der Waals surface area contributed by atoms with Crippen LogP contribution in [0.2, 0.25) is 0 Å². The zero-order valence-corrected chi connectivity index (χ0v) is 19.3. The fraction of sp³-hybridized carbons (Fsp3) is 0.731. The lowest BCUT2D eigenvalue weighted by Gasteiger charge is -2.37. The number of carbonyl (C=O) groups excluding carboxylic acids is 1. The van der Waals surface area contributed by atoms with Crippen LogP contribution in [0.4, 0.5) is 0 Å². The first-order valence-electron chi connectivity index (χ1n) is 12.4. The second kappa shape index (κ2) is 13.2. The summed E-state index contributed by atoms with van der Waals surface area (Å²) in [5.74, 6) is 1.25. The molecule has 3 atom stereocenters. The molecular weight excluding hydrogens is 388 g/mol. The lowest BCUT2D eigenvalue weighted by Crippen LogP contribution is -2.44. The van der Waals surface area contributed by atoms with Gasteiger partial charge in [0.2, 0.25) is 5.91 Å². The Morgan fingerprint density at radius 2 is 1.87 bits per heavy atom. The van der Waals surface area contributed by atoms with E-state index in [1.54, 1.807) is 7.11 Å². The lowest BCUT2D eigenvalue weighted by atomic mass is 9.84. The molecule has 1 aliphatic heterocycles. The monoisotopic (exact) mass is 430 g/mol. The van der Waals surface area contributed by atoms with Gasteiger partial charge < -0.3 is 20.1 Å². The molecule has 0 spiro atoms. The van der Waals surface area contributed by atoms with Gasteiger partial charge in [-0.25, -0.2) is 0 Å². The van der Waals surface area contributed by atoms with Crippen LogP contribution < -0.4 is 5.73 Å². The van der Waals surface area contributed by atoms with E-state index in [0.717, 1.165) is 38.8 Å². The fourth-order valence-electron chi connectivity index (χ4n) is 5.33. The molecule has 2 fully saturated rings. The molecule has 1 saturated carbocycles. The number of nitrogens with two attached hydrogens (primary N) is 1. The number of benzene rings is 1. The Morgan fingerprint density at radius 1 is 1.10 bits per heavy atom. The number of piperidine rings is 1. The maximum absolute atomic E-state index is 13.0. The third-order valence-corrected chi connectivity index (χ3v) is 6.95. The number of ether oxygens (including phenoxy) is 2. The molecule has 2 N–H and O–H groups in total.